The van der Waals surface area contributed by atoms with Gasteiger partial charge in [0.2, 0.25) is 0 Å². The fourth-order valence-corrected chi connectivity index (χ4v) is 5.27. The van der Waals surface area contributed by atoms with Crippen molar-refractivity contribution in [2.75, 3.05) is 7.11 Å². The Morgan fingerprint density at radius 3 is 2.68 bits per heavy atom. The zero-order valence-corrected chi connectivity index (χ0v) is 21.1. The van der Waals surface area contributed by atoms with E-state index in [1.165, 1.54) is 18.8 Å². The smallest absolute Gasteiger partial charge is 0.331 e. The first kappa shape index (κ1) is 25.7. The summed E-state index contributed by atoms with van der Waals surface area (Å²) in [6.45, 7) is 6.75. The lowest BCUT2D eigenvalue weighted by atomic mass is 9.64. The van der Waals surface area contributed by atoms with Crippen LogP contribution in [0.5, 0.6) is 0 Å². The maximum atomic E-state index is 12.6. The van der Waals surface area contributed by atoms with Crippen molar-refractivity contribution in [2.24, 2.45) is 30.7 Å². The van der Waals surface area contributed by atoms with Gasteiger partial charge in [0.15, 0.2) is 0 Å². The van der Waals surface area contributed by atoms with E-state index in [0.29, 0.717) is 36.5 Å². The van der Waals surface area contributed by atoms with Gasteiger partial charge in [-0.2, -0.15) is 0 Å². The Kier molecular flexibility index (Phi) is 9.08. The predicted molar refractivity (Wildman–Crippen MR) is 134 cm³/mol. The second kappa shape index (κ2) is 12.0. The van der Waals surface area contributed by atoms with Crippen LogP contribution < -0.4 is 0 Å². The average Bonchev–Trinajstić information content (AvgIpc) is 3.21. The minimum Gasteiger partial charge on any atom is -0.466 e. The summed E-state index contributed by atoms with van der Waals surface area (Å²) in [5.41, 5.74) is 3.18. The van der Waals surface area contributed by atoms with Crippen LogP contribution in [0.15, 0.2) is 54.1 Å². The third-order valence-electron chi connectivity index (χ3n) is 7.10. The summed E-state index contributed by atoms with van der Waals surface area (Å²) >= 11 is 0. The molecule has 2 aliphatic rings. The number of imidazole rings is 1. The molecule has 1 aromatic heterocycles. The monoisotopic (exact) mass is 466 g/mol. The Hall–Kier alpha value is -2.89. The summed E-state index contributed by atoms with van der Waals surface area (Å²) in [4.78, 5) is 28.8. The standard InChI is InChI=1S/C28H38N2O4/c1-19(2)24-12-10-20(3)25-16-23(34-27(31)13-11-22-17-30(4)18-29-22)9-7-6-8-21(14-26(24)25)15-28(32)33-5/h6-7,10-11,13,15,17-19,23-26H,8-9,12,14,16H2,1-5H3/b7-6-,13-11+,21-15+. The van der Waals surface area contributed by atoms with E-state index < -0.39 is 0 Å². The van der Waals surface area contributed by atoms with E-state index in [2.05, 4.69) is 44.0 Å². The van der Waals surface area contributed by atoms with E-state index in [0.717, 1.165) is 30.5 Å². The van der Waals surface area contributed by atoms with Crippen LogP contribution in [-0.4, -0.2) is 34.7 Å². The zero-order valence-electron chi connectivity index (χ0n) is 21.1. The van der Waals surface area contributed by atoms with Crippen LogP contribution in [0.2, 0.25) is 0 Å². The van der Waals surface area contributed by atoms with Gasteiger partial charge in [-0.25, -0.2) is 14.6 Å². The van der Waals surface area contributed by atoms with Gasteiger partial charge >= 0.3 is 11.9 Å². The third kappa shape index (κ3) is 7.05. The molecule has 6 nitrogen and oxygen atoms in total. The molecule has 0 aromatic carbocycles. The van der Waals surface area contributed by atoms with Gasteiger partial charge in [0.05, 0.1) is 19.1 Å². The lowest BCUT2D eigenvalue weighted by Gasteiger charge is -2.42. The summed E-state index contributed by atoms with van der Waals surface area (Å²) in [7, 11) is 3.31. The third-order valence-corrected chi connectivity index (χ3v) is 7.10. The molecular formula is C28H38N2O4. The van der Waals surface area contributed by atoms with Gasteiger partial charge in [-0.15, -0.1) is 0 Å². The first-order valence-corrected chi connectivity index (χ1v) is 12.2. The predicted octanol–water partition coefficient (Wildman–Crippen LogP) is 5.43. The Bertz CT molecular complexity index is 982. The number of nitrogens with zero attached hydrogens (tertiary/aromatic N) is 2. The number of esters is 2. The number of hydrogen-bond donors (Lipinski definition) is 0. The molecule has 0 spiro atoms. The molecule has 34 heavy (non-hydrogen) atoms. The highest BCUT2D eigenvalue weighted by Gasteiger charge is 2.37. The molecule has 2 aliphatic carbocycles. The molecule has 0 aliphatic heterocycles. The van der Waals surface area contributed by atoms with Crippen LogP contribution in [0.1, 0.15) is 58.6 Å². The lowest BCUT2D eigenvalue weighted by molar-refractivity contribution is -0.143. The van der Waals surface area contributed by atoms with Crippen molar-refractivity contribution in [3.05, 3.63) is 59.7 Å². The molecule has 0 amide bonds. The Morgan fingerprint density at radius 1 is 1.21 bits per heavy atom. The number of carbonyl (C=O) groups is 2. The summed E-state index contributed by atoms with van der Waals surface area (Å²) < 4.78 is 12.7. The fraction of sp³-hybridized carbons (Fsp3) is 0.536. The molecule has 184 valence electrons. The van der Waals surface area contributed by atoms with E-state index in [9.17, 15) is 9.59 Å². The number of aromatic nitrogens is 2. The molecule has 4 unspecified atom stereocenters. The molecule has 1 aromatic rings. The summed E-state index contributed by atoms with van der Waals surface area (Å²) in [5.74, 6) is 1.08. The lowest BCUT2D eigenvalue weighted by Crippen LogP contribution is -2.35. The molecular weight excluding hydrogens is 428 g/mol. The van der Waals surface area contributed by atoms with Crippen molar-refractivity contribution >= 4 is 18.0 Å². The average molecular weight is 467 g/mol. The summed E-state index contributed by atoms with van der Waals surface area (Å²) in [5, 5.41) is 0. The van der Waals surface area contributed by atoms with E-state index in [4.69, 9.17) is 9.47 Å². The molecule has 3 rings (SSSR count). The quantitative estimate of drug-likeness (QED) is 0.329. The van der Waals surface area contributed by atoms with Gasteiger partial charge in [-0.3, -0.25) is 0 Å². The molecule has 0 saturated carbocycles. The number of ether oxygens (including phenoxy) is 2. The van der Waals surface area contributed by atoms with Crippen LogP contribution in [0.3, 0.4) is 0 Å². The van der Waals surface area contributed by atoms with Crippen LogP contribution in [0.4, 0.5) is 0 Å². The molecule has 0 saturated heterocycles. The molecule has 6 heteroatoms. The SMILES string of the molecule is COC(=O)/C=C1\C/C=C\CC(OC(=O)/C=C/c2cn(C)cn2)CC2C(C)=CCC(C(C)C)C2C1. The molecule has 0 bridgehead atoms. The Morgan fingerprint density at radius 2 is 2.00 bits per heavy atom. The summed E-state index contributed by atoms with van der Waals surface area (Å²) in [6, 6.07) is 0. The number of allylic oxidation sites excluding steroid dienone is 4. The molecule has 0 N–H and O–H groups in total. The second-order valence-corrected chi connectivity index (χ2v) is 9.90. The molecule has 0 radical (unpaired) electrons. The minimum atomic E-state index is -0.346. The van der Waals surface area contributed by atoms with Crippen molar-refractivity contribution in [1.29, 1.82) is 0 Å². The van der Waals surface area contributed by atoms with Gasteiger partial charge in [-0.1, -0.05) is 43.2 Å². The highest BCUT2D eigenvalue weighted by atomic mass is 16.5. The maximum absolute atomic E-state index is 12.6. The number of aryl methyl sites for hydroxylation is 1. The molecule has 4 atom stereocenters. The van der Waals surface area contributed by atoms with E-state index in [-0.39, 0.29) is 18.0 Å². The van der Waals surface area contributed by atoms with Gasteiger partial charge in [0.25, 0.3) is 0 Å². The first-order chi connectivity index (χ1) is 16.3. The van der Waals surface area contributed by atoms with Crippen LogP contribution in [0.25, 0.3) is 6.08 Å². The molecule has 0 fully saturated rings. The van der Waals surface area contributed by atoms with Crippen LogP contribution in [-0.2, 0) is 26.1 Å². The highest BCUT2D eigenvalue weighted by molar-refractivity contribution is 5.86. The number of carbonyl (C=O) groups excluding carboxylic acids is 2. The van der Waals surface area contributed by atoms with Gasteiger partial charge in [0.1, 0.15) is 6.10 Å². The van der Waals surface area contributed by atoms with E-state index in [1.807, 2.05) is 17.8 Å². The van der Waals surface area contributed by atoms with Crippen molar-refractivity contribution < 1.29 is 19.1 Å². The van der Waals surface area contributed by atoms with Crippen molar-refractivity contribution in [2.45, 2.75) is 59.0 Å². The number of hydrogen-bond acceptors (Lipinski definition) is 5. The van der Waals surface area contributed by atoms with Crippen LogP contribution in [0, 0.1) is 23.7 Å². The largest absolute Gasteiger partial charge is 0.466 e. The zero-order chi connectivity index (χ0) is 24.7. The highest BCUT2D eigenvalue weighted by Crippen LogP contribution is 2.45. The normalized spacial score (nSPS) is 27.8. The second-order valence-electron chi connectivity index (χ2n) is 9.90. The van der Waals surface area contributed by atoms with Gasteiger partial charge < -0.3 is 14.0 Å². The van der Waals surface area contributed by atoms with E-state index in [1.54, 1.807) is 18.5 Å². The van der Waals surface area contributed by atoms with Crippen molar-refractivity contribution in [3.63, 3.8) is 0 Å². The Balaban J connectivity index is 1.83. The fourth-order valence-electron chi connectivity index (χ4n) is 5.27. The number of rotatable bonds is 5. The number of methoxy groups -OCH3 is 1. The van der Waals surface area contributed by atoms with Crippen molar-refractivity contribution in [3.8, 4) is 0 Å². The van der Waals surface area contributed by atoms with Gasteiger partial charge in [-0.05, 0) is 62.4 Å². The number of fused-ring (bicyclic) bond motifs is 1. The summed E-state index contributed by atoms with van der Waals surface area (Å²) in [6.07, 6.45) is 18.7. The Labute approximate surface area is 203 Å². The van der Waals surface area contributed by atoms with E-state index >= 15 is 0 Å². The van der Waals surface area contributed by atoms with Crippen molar-refractivity contribution in [1.82, 2.24) is 9.55 Å². The van der Waals surface area contributed by atoms with Crippen LogP contribution >= 0.6 is 0 Å². The minimum absolute atomic E-state index is 0.204. The topological polar surface area (TPSA) is 70.4 Å². The maximum Gasteiger partial charge on any atom is 0.331 e. The van der Waals surface area contributed by atoms with Gasteiger partial charge in [0, 0.05) is 31.8 Å². The molecule has 1 heterocycles. The first-order valence-electron chi connectivity index (χ1n) is 12.2.